The van der Waals surface area contributed by atoms with Crippen molar-refractivity contribution in [3.05, 3.63) is 47.8 Å². The molecule has 0 atom stereocenters. The number of anilines is 1. The highest BCUT2D eigenvalue weighted by Crippen LogP contribution is 2.20. The quantitative estimate of drug-likeness (QED) is 0.810. The smallest absolute Gasteiger partial charge is 0.257 e. The monoisotopic (exact) mass is 355 g/mol. The largest absolute Gasteiger partial charge is 0.496 e. The molecule has 1 amide bonds. The van der Waals surface area contributed by atoms with E-state index < -0.39 is 0 Å². The zero-order valence-electron chi connectivity index (χ0n) is 15.6. The number of carbonyl (C=O) groups excluding carboxylic acids is 1. The molecule has 0 aliphatic carbocycles. The van der Waals surface area contributed by atoms with Crippen LogP contribution in [0.2, 0.25) is 0 Å². The number of rotatable bonds is 5. The molecule has 0 radical (unpaired) electrons. The predicted octanol–water partition coefficient (Wildman–Crippen LogP) is 1.51. The maximum atomic E-state index is 12.7. The number of hydrogen-bond donors (Lipinski definition) is 0. The average molecular weight is 355 g/mol. The Balaban J connectivity index is 1.56. The van der Waals surface area contributed by atoms with Crippen LogP contribution in [-0.2, 0) is 6.54 Å². The van der Waals surface area contributed by atoms with Crippen molar-refractivity contribution in [2.24, 2.45) is 0 Å². The Kier molecular flexibility index (Phi) is 5.68. The van der Waals surface area contributed by atoms with Gasteiger partial charge < -0.3 is 14.5 Å². The molecule has 0 unspecified atom stereocenters. The van der Waals surface area contributed by atoms with Crippen LogP contribution in [0.25, 0.3) is 0 Å². The fourth-order valence-corrected chi connectivity index (χ4v) is 3.02. The molecule has 7 nitrogen and oxygen atoms in total. The van der Waals surface area contributed by atoms with Crippen LogP contribution in [0, 0.1) is 0 Å². The predicted molar refractivity (Wildman–Crippen MR) is 101 cm³/mol. The summed E-state index contributed by atoms with van der Waals surface area (Å²) in [5, 5.41) is 0. The van der Waals surface area contributed by atoms with Crippen LogP contribution in [0.5, 0.6) is 5.75 Å². The van der Waals surface area contributed by atoms with E-state index >= 15 is 0 Å². The summed E-state index contributed by atoms with van der Waals surface area (Å²) < 4.78 is 5.31. The Morgan fingerprint density at radius 1 is 1.12 bits per heavy atom. The molecule has 1 saturated heterocycles. The maximum absolute atomic E-state index is 12.7. The molecule has 1 fully saturated rings. The molecule has 0 bridgehead atoms. The number of piperazine rings is 1. The van der Waals surface area contributed by atoms with E-state index in [0.717, 1.165) is 25.2 Å². The standard InChI is InChI=1S/C19H25N5O2/c1-22(2)19-20-12-15(13-21-19)14-23-8-10-24(11-9-23)18(25)16-6-4-5-7-17(16)26-3/h4-7,12-13H,8-11,14H2,1-3H3. The minimum Gasteiger partial charge on any atom is -0.496 e. The molecule has 3 rings (SSSR count). The zero-order valence-corrected chi connectivity index (χ0v) is 15.6. The third-order valence-corrected chi connectivity index (χ3v) is 4.49. The minimum atomic E-state index is 0.0285. The molecule has 0 N–H and O–H groups in total. The first-order valence-electron chi connectivity index (χ1n) is 8.71. The lowest BCUT2D eigenvalue weighted by atomic mass is 10.1. The lowest BCUT2D eigenvalue weighted by molar-refractivity contribution is 0.0625. The topological polar surface area (TPSA) is 61.8 Å². The second-order valence-electron chi connectivity index (χ2n) is 6.55. The molecule has 1 aliphatic rings. The summed E-state index contributed by atoms with van der Waals surface area (Å²) in [7, 11) is 5.44. The van der Waals surface area contributed by atoms with Gasteiger partial charge in [0.1, 0.15) is 5.75 Å². The van der Waals surface area contributed by atoms with Gasteiger partial charge in [0.05, 0.1) is 12.7 Å². The second kappa shape index (κ2) is 8.14. The molecule has 1 aromatic carbocycles. The molecule has 0 saturated carbocycles. The van der Waals surface area contributed by atoms with E-state index in [1.54, 1.807) is 7.11 Å². The fourth-order valence-electron chi connectivity index (χ4n) is 3.02. The molecule has 2 heterocycles. The number of benzene rings is 1. The molecule has 26 heavy (non-hydrogen) atoms. The first-order valence-corrected chi connectivity index (χ1v) is 8.71. The lowest BCUT2D eigenvalue weighted by Gasteiger charge is -2.34. The number of aromatic nitrogens is 2. The van der Waals surface area contributed by atoms with E-state index in [-0.39, 0.29) is 5.91 Å². The summed E-state index contributed by atoms with van der Waals surface area (Å²) in [4.78, 5) is 27.5. The fraction of sp³-hybridized carbons (Fsp3) is 0.421. The Bertz CT molecular complexity index is 740. The Morgan fingerprint density at radius 3 is 2.38 bits per heavy atom. The number of ether oxygens (including phenoxy) is 1. The van der Waals surface area contributed by atoms with Crippen molar-refractivity contribution in [2.45, 2.75) is 6.54 Å². The molecule has 1 aliphatic heterocycles. The van der Waals surface area contributed by atoms with E-state index in [9.17, 15) is 4.79 Å². The number of methoxy groups -OCH3 is 1. The Hall–Kier alpha value is -2.67. The minimum absolute atomic E-state index is 0.0285. The number of carbonyl (C=O) groups is 1. The van der Waals surface area contributed by atoms with Gasteiger partial charge in [0.25, 0.3) is 5.91 Å². The van der Waals surface area contributed by atoms with Gasteiger partial charge in [0, 0.05) is 64.8 Å². The number of amides is 1. The number of nitrogens with zero attached hydrogens (tertiary/aromatic N) is 5. The third-order valence-electron chi connectivity index (χ3n) is 4.49. The number of para-hydroxylation sites is 1. The van der Waals surface area contributed by atoms with Crippen LogP contribution in [0.1, 0.15) is 15.9 Å². The summed E-state index contributed by atoms with van der Waals surface area (Å²) in [6, 6.07) is 7.37. The molecular weight excluding hydrogens is 330 g/mol. The van der Waals surface area contributed by atoms with Gasteiger partial charge in [0.15, 0.2) is 0 Å². The summed E-state index contributed by atoms with van der Waals surface area (Å²) in [5.41, 5.74) is 1.70. The molecular formula is C19H25N5O2. The first-order chi connectivity index (χ1) is 12.6. The van der Waals surface area contributed by atoms with Crippen molar-refractivity contribution in [1.82, 2.24) is 19.8 Å². The van der Waals surface area contributed by atoms with E-state index in [2.05, 4.69) is 14.9 Å². The van der Waals surface area contributed by atoms with Gasteiger partial charge in [-0.3, -0.25) is 9.69 Å². The van der Waals surface area contributed by atoms with Gasteiger partial charge in [0.2, 0.25) is 5.95 Å². The average Bonchev–Trinajstić information content (AvgIpc) is 2.68. The van der Waals surface area contributed by atoms with Crippen LogP contribution in [0.4, 0.5) is 5.95 Å². The summed E-state index contributed by atoms with van der Waals surface area (Å²) in [6.07, 6.45) is 3.74. The van der Waals surface area contributed by atoms with Gasteiger partial charge in [-0.2, -0.15) is 0 Å². The highest BCUT2D eigenvalue weighted by molar-refractivity contribution is 5.97. The molecule has 7 heteroatoms. The zero-order chi connectivity index (χ0) is 18.5. The van der Waals surface area contributed by atoms with E-state index in [4.69, 9.17) is 4.74 Å². The van der Waals surface area contributed by atoms with Crippen LogP contribution in [0.3, 0.4) is 0 Å². The van der Waals surface area contributed by atoms with E-state index in [1.807, 2.05) is 60.6 Å². The highest BCUT2D eigenvalue weighted by Gasteiger charge is 2.24. The molecule has 2 aromatic rings. The van der Waals surface area contributed by atoms with Crippen LogP contribution in [-0.4, -0.2) is 73.1 Å². The van der Waals surface area contributed by atoms with E-state index in [1.165, 1.54) is 0 Å². The van der Waals surface area contributed by atoms with Gasteiger partial charge >= 0.3 is 0 Å². The van der Waals surface area contributed by atoms with Gasteiger partial charge in [-0.05, 0) is 12.1 Å². The van der Waals surface area contributed by atoms with E-state index in [0.29, 0.717) is 30.4 Å². The number of hydrogen-bond acceptors (Lipinski definition) is 6. The third kappa shape index (κ3) is 4.11. The van der Waals surface area contributed by atoms with Crippen molar-refractivity contribution in [2.75, 3.05) is 52.3 Å². The van der Waals surface area contributed by atoms with Crippen molar-refractivity contribution >= 4 is 11.9 Å². The van der Waals surface area contributed by atoms with Crippen molar-refractivity contribution in [3.8, 4) is 5.75 Å². The second-order valence-corrected chi connectivity index (χ2v) is 6.55. The van der Waals surface area contributed by atoms with Crippen molar-refractivity contribution in [1.29, 1.82) is 0 Å². The Labute approximate surface area is 154 Å². The molecule has 0 spiro atoms. The lowest BCUT2D eigenvalue weighted by Crippen LogP contribution is -2.48. The molecule has 138 valence electrons. The van der Waals surface area contributed by atoms with Gasteiger partial charge in [-0.15, -0.1) is 0 Å². The molecule has 1 aromatic heterocycles. The highest BCUT2D eigenvalue weighted by atomic mass is 16.5. The van der Waals surface area contributed by atoms with Crippen LogP contribution in [0.15, 0.2) is 36.7 Å². The summed E-state index contributed by atoms with van der Waals surface area (Å²) in [6.45, 7) is 3.86. The van der Waals surface area contributed by atoms with Gasteiger partial charge in [-0.25, -0.2) is 9.97 Å². The van der Waals surface area contributed by atoms with Crippen LogP contribution >= 0.6 is 0 Å². The first kappa shape index (κ1) is 18.1. The van der Waals surface area contributed by atoms with Gasteiger partial charge in [-0.1, -0.05) is 12.1 Å². The SMILES string of the molecule is COc1ccccc1C(=O)N1CCN(Cc2cnc(N(C)C)nc2)CC1. The maximum Gasteiger partial charge on any atom is 0.257 e. The summed E-state index contributed by atoms with van der Waals surface area (Å²) >= 11 is 0. The van der Waals surface area contributed by atoms with Crippen molar-refractivity contribution in [3.63, 3.8) is 0 Å². The Morgan fingerprint density at radius 2 is 1.77 bits per heavy atom. The van der Waals surface area contributed by atoms with Crippen LogP contribution < -0.4 is 9.64 Å². The van der Waals surface area contributed by atoms with Crippen molar-refractivity contribution < 1.29 is 9.53 Å². The normalized spacial score (nSPS) is 15.0. The summed E-state index contributed by atoms with van der Waals surface area (Å²) in [5.74, 6) is 1.36.